The second kappa shape index (κ2) is 3.34. The van der Waals surface area contributed by atoms with Crippen molar-refractivity contribution in [2.24, 2.45) is 5.92 Å². The van der Waals surface area contributed by atoms with Gasteiger partial charge in [-0.3, -0.25) is 4.98 Å². The van der Waals surface area contributed by atoms with E-state index in [1.165, 1.54) is 12.6 Å². The third kappa shape index (κ3) is 2.18. The second-order valence-corrected chi connectivity index (χ2v) is 3.71. The first-order valence-corrected chi connectivity index (χ1v) is 4.63. The molecular formula is C10H14N2O. The molecular weight excluding hydrogens is 164 g/mol. The SMILES string of the molecule is CC1CC1NCc1ccc(O)cn1. The van der Waals surface area contributed by atoms with Crippen LogP contribution in [0.15, 0.2) is 18.3 Å². The van der Waals surface area contributed by atoms with Crippen LogP contribution in [0.25, 0.3) is 0 Å². The summed E-state index contributed by atoms with van der Waals surface area (Å²) in [5.74, 6) is 1.04. The monoisotopic (exact) mass is 178 g/mol. The van der Waals surface area contributed by atoms with Crippen molar-refractivity contribution >= 4 is 0 Å². The average molecular weight is 178 g/mol. The molecule has 1 aliphatic rings. The summed E-state index contributed by atoms with van der Waals surface area (Å²) < 4.78 is 0. The van der Waals surface area contributed by atoms with Crippen molar-refractivity contribution in [3.05, 3.63) is 24.0 Å². The van der Waals surface area contributed by atoms with E-state index in [1.807, 2.05) is 6.07 Å². The van der Waals surface area contributed by atoms with Gasteiger partial charge in [-0.25, -0.2) is 0 Å². The number of hydrogen-bond donors (Lipinski definition) is 2. The largest absolute Gasteiger partial charge is 0.506 e. The molecule has 3 nitrogen and oxygen atoms in total. The molecule has 0 bridgehead atoms. The fourth-order valence-electron chi connectivity index (χ4n) is 1.36. The molecule has 70 valence electrons. The molecule has 0 amide bonds. The molecule has 2 unspecified atom stereocenters. The van der Waals surface area contributed by atoms with Crippen molar-refractivity contribution in [1.29, 1.82) is 0 Å². The van der Waals surface area contributed by atoms with Gasteiger partial charge in [-0.05, 0) is 24.5 Å². The number of pyridine rings is 1. The summed E-state index contributed by atoms with van der Waals surface area (Å²) >= 11 is 0. The Morgan fingerprint density at radius 2 is 2.38 bits per heavy atom. The van der Waals surface area contributed by atoms with Gasteiger partial charge in [0.2, 0.25) is 0 Å². The highest BCUT2D eigenvalue weighted by atomic mass is 16.3. The lowest BCUT2D eigenvalue weighted by atomic mass is 10.3. The lowest BCUT2D eigenvalue weighted by molar-refractivity contribution is 0.471. The highest BCUT2D eigenvalue weighted by molar-refractivity contribution is 5.17. The van der Waals surface area contributed by atoms with E-state index < -0.39 is 0 Å². The van der Waals surface area contributed by atoms with Gasteiger partial charge in [0.15, 0.2) is 0 Å². The van der Waals surface area contributed by atoms with Crippen LogP contribution < -0.4 is 5.32 Å². The standard InChI is InChI=1S/C10H14N2O/c1-7-4-10(7)12-5-8-2-3-9(13)6-11-8/h2-3,6-7,10,12-13H,4-5H2,1H3. The van der Waals surface area contributed by atoms with Crippen molar-refractivity contribution < 1.29 is 5.11 Å². The van der Waals surface area contributed by atoms with E-state index in [-0.39, 0.29) is 5.75 Å². The lowest BCUT2D eigenvalue weighted by Crippen LogP contribution is -2.17. The molecule has 1 aromatic heterocycles. The van der Waals surface area contributed by atoms with Crippen molar-refractivity contribution in [1.82, 2.24) is 10.3 Å². The summed E-state index contributed by atoms with van der Waals surface area (Å²) in [4.78, 5) is 4.09. The Morgan fingerprint density at radius 3 is 2.92 bits per heavy atom. The Hall–Kier alpha value is -1.09. The molecule has 2 rings (SSSR count). The van der Waals surface area contributed by atoms with Gasteiger partial charge in [0, 0.05) is 12.6 Å². The molecule has 0 spiro atoms. The molecule has 2 N–H and O–H groups in total. The van der Waals surface area contributed by atoms with Gasteiger partial charge < -0.3 is 10.4 Å². The first kappa shape index (κ1) is 8.51. The predicted molar refractivity (Wildman–Crippen MR) is 50.3 cm³/mol. The minimum Gasteiger partial charge on any atom is -0.506 e. The highest BCUT2D eigenvalue weighted by Crippen LogP contribution is 2.29. The van der Waals surface area contributed by atoms with Crippen LogP contribution in [0.1, 0.15) is 19.0 Å². The molecule has 1 aromatic rings. The van der Waals surface area contributed by atoms with E-state index >= 15 is 0 Å². The van der Waals surface area contributed by atoms with Crippen LogP contribution in [0.4, 0.5) is 0 Å². The van der Waals surface area contributed by atoms with Crippen LogP contribution in [0.3, 0.4) is 0 Å². The topological polar surface area (TPSA) is 45.1 Å². The molecule has 3 heteroatoms. The van der Waals surface area contributed by atoms with Crippen LogP contribution >= 0.6 is 0 Å². The lowest BCUT2D eigenvalue weighted by Gasteiger charge is -2.02. The third-order valence-electron chi connectivity index (χ3n) is 2.46. The fourth-order valence-corrected chi connectivity index (χ4v) is 1.36. The van der Waals surface area contributed by atoms with Crippen molar-refractivity contribution in [3.8, 4) is 5.75 Å². The molecule has 0 aliphatic heterocycles. The first-order valence-electron chi connectivity index (χ1n) is 4.63. The van der Waals surface area contributed by atoms with Gasteiger partial charge in [0.25, 0.3) is 0 Å². The summed E-state index contributed by atoms with van der Waals surface area (Å²) in [5.41, 5.74) is 0.983. The Labute approximate surface area is 77.8 Å². The van der Waals surface area contributed by atoms with Gasteiger partial charge >= 0.3 is 0 Å². The number of hydrogen-bond acceptors (Lipinski definition) is 3. The minimum atomic E-state index is 0.225. The maximum absolute atomic E-state index is 9.01. The zero-order chi connectivity index (χ0) is 9.26. The molecule has 1 fully saturated rings. The third-order valence-corrected chi connectivity index (χ3v) is 2.46. The highest BCUT2D eigenvalue weighted by Gasteiger charge is 2.31. The van der Waals surface area contributed by atoms with Crippen LogP contribution in [0, 0.1) is 5.92 Å². The van der Waals surface area contributed by atoms with Gasteiger partial charge in [0.1, 0.15) is 5.75 Å². The number of aromatic nitrogens is 1. The van der Waals surface area contributed by atoms with E-state index in [4.69, 9.17) is 5.11 Å². The van der Waals surface area contributed by atoms with E-state index in [2.05, 4.69) is 17.2 Å². The summed E-state index contributed by atoms with van der Waals surface area (Å²) in [5, 5.41) is 12.4. The quantitative estimate of drug-likeness (QED) is 0.733. The van der Waals surface area contributed by atoms with Crippen LogP contribution in [-0.4, -0.2) is 16.1 Å². The number of nitrogens with one attached hydrogen (secondary N) is 1. The van der Waals surface area contributed by atoms with Gasteiger partial charge in [-0.2, -0.15) is 0 Å². The van der Waals surface area contributed by atoms with E-state index in [1.54, 1.807) is 6.07 Å². The first-order chi connectivity index (χ1) is 6.25. The number of nitrogens with zero attached hydrogens (tertiary/aromatic N) is 1. The molecule has 1 saturated carbocycles. The Kier molecular flexibility index (Phi) is 2.19. The van der Waals surface area contributed by atoms with Crippen molar-refractivity contribution in [3.63, 3.8) is 0 Å². The van der Waals surface area contributed by atoms with E-state index in [0.29, 0.717) is 6.04 Å². The normalized spacial score (nSPS) is 25.9. The predicted octanol–water partition coefficient (Wildman–Crippen LogP) is 1.29. The van der Waals surface area contributed by atoms with E-state index in [0.717, 1.165) is 18.2 Å². The number of rotatable bonds is 3. The Bertz CT molecular complexity index is 283. The van der Waals surface area contributed by atoms with Gasteiger partial charge in [-0.1, -0.05) is 6.92 Å². The summed E-state index contributed by atoms with van der Waals surface area (Å²) in [6.07, 6.45) is 2.76. The molecule has 13 heavy (non-hydrogen) atoms. The summed E-state index contributed by atoms with van der Waals surface area (Å²) in [6, 6.07) is 4.19. The molecule has 1 heterocycles. The molecule has 1 aliphatic carbocycles. The fraction of sp³-hybridized carbons (Fsp3) is 0.500. The zero-order valence-electron chi connectivity index (χ0n) is 7.70. The smallest absolute Gasteiger partial charge is 0.133 e. The number of aromatic hydroxyl groups is 1. The minimum absolute atomic E-state index is 0.225. The van der Waals surface area contributed by atoms with Gasteiger partial charge in [0.05, 0.1) is 11.9 Å². The summed E-state index contributed by atoms with van der Waals surface area (Å²) in [6.45, 7) is 3.04. The Balaban J connectivity index is 1.84. The second-order valence-electron chi connectivity index (χ2n) is 3.71. The van der Waals surface area contributed by atoms with Crippen LogP contribution in [-0.2, 0) is 6.54 Å². The molecule has 0 saturated heterocycles. The van der Waals surface area contributed by atoms with Crippen molar-refractivity contribution in [2.45, 2.75) is 25.9 Å². The molecule has 0 radical (unpaired) electrons. The maximum atomic E-state index is 9.01. The van der Waals surface area contributed by atoms with Crippen molar-refractivity contribution in [2.75, 3.05) is 0 Å². The van der Waals surface area contributed by atoms with E-state index in [9.17, 15) is 0 Å². The van der Waals surface area contributed by atoms with Crippen LogP contribution in [0.5, 0.6) is 5.75 Å². The van der Waals surface area contributed by atoms with Gasteiger partial charge in [-0.15, -0.1) is 0 Å². The Morgan fingerprint density at radius 1 is 1.62 bits per heavy atom. The average Bonchev–Trinajstić information content (AvgIpc) is 2.81. The molecule has 0 aromatic carbocycles. The zero-order valence-corrected chi connectivity index (χ0v) is 7.70. The summed E-state index contributed by atoms with van der Waals surface area (Å²) in [7, 11) is 0. The maximum Gasteiger partial charge on any atom is 0.133 e. The molecule has 2 atom stereocenters. The van der Waals surface area contributed by atoms with Crippen LogP contribution in [0.2, 0.25) is 0 Å².